The molecule has 24 heavy (non-hydrogen) atoms. The summed E-state index contributed by atoms with van der Waals surface area (Å²) in [4.78, 5) is 12.5. The summed E-state index contributed by atoms with van der Waals surface area (Å²) in [6, 6.07) is 10.7. The Kier molecular flexibility index (Phi) is 4.70. The van der Waals surface area contributed by atoms with Crippen molar-refractivity contribution in [3.8, 4) is 23.0 Å². The first-order valence-corrected chi connectivity index (χ1v) is 7.56. The number of rotatable bonds is 5. The van der Waals surface area contributed by atoms with E-state index in [1.807, 2.05) is 18.2 Å². The largest absolute Gasteiger partial charge is 0.497 e. The molecule has 0 bridgehead atoms. The number of carbonyl (C=O) groups excluding carboxylic acids is 1. The van der Waals surface area contributed by atoms with Crippen molar-refractivity contribution in [3.05, 3.63) is 53.6 Å². The third kappa shape index (κ3) is 3.20. The van der Waals surface area contributed by atoms with Crippen LogP contribution in [0.4, 0.5) is 0 Å². The van der Waals surface area contributed by atoms with Gasteiger partial charge in [0.15, 0.2) is 17.3 Å². The van der Waals surface area contributed by atoms with E-state index in [0.29, 0.717) is 41.8 Å². The summed E-state index contributed by atoms with van der Waals surface area (Å²) >= 11 is 0. The molecule has 124 valence electrons. The molecule has 1 heterocycles. The van der Waals surface area contributed by atoms with E-state index in [0.717, 1.165) is 5.56 Å². The van der Waals surface area contributed by atoms with Crippen molar-refractivity contribution >= 4 is 11.9 Å². The fraction of sp³-hybridized carbons (Fsp3) is 0.211. The third-order valence-corrected chi connectivity index (χ3v) is 3.69. The molecule has 0 radical (unpaired) electrons. The van der Waals surface area contributed by atoms with Gasteiger partial charge in [0, 0.05) is 11.6 Å². The average Bonchev–Trinajstić information content (AvgIpc) is 2.65. The van der Waals surface area contributed by atoms with Gasteiger partial charge in [-0.1, -0.05) is 12.1 Å². The molecular weight excluding hydrogens is 308 g/mol. The number of ether oxygens (including phenoxy) is 4. The Bertz CT molecular complexity index is 779. The monoisotopic (exact) mass is 326 g/mol. The van der Waals surface area contributed by atoms with Gasteiger partial charge in [-0.2, -0.15) is 0 Å². The van der Waals surface area contributed by atoms with Crippen LogP contribution in [0.15, 0.2) is 42.5 Å². The highest BCUT2D eigenvalue weighted by Crippen LogP contribution is 2.34. The zero-order chi connectivity index (χ0) is 16.9. The molecule has 2 aromatic rings. The zero-order valence-corrected chi connectivity index (χ0v) is 13.6. The molecule has 0 aliphatic carbocycles. The lowest BCUT2D eigenvalue weighted by molar-refractivity contribution is 0.104. The maximum atomic E-state index is 12.5. The molecule has 2 aromatic carbocycles. The molecule has 0 amide bonds. The summed E-state index contributed by atoms with van der Waals surface area (Å²) in [6.07, 6.45) is 3.22. The average molecular weight is 326 g/mol. The lowest BCUT2D eigenvalue weighted by Gasteiger charge is -2.19. The Balaban J connectivity index is 1.86. The van der Waals surface area contributed by atoms with Gasteiger partial charge in [0.2, 0.25) is 0 Å². The number of hydrogen-bond donors (Lipinski definition) is 0. The molecule has 0 N–H and O–H groups in total. The van der Waals surface area contributed by atoms with E-state index in [1.165, 1.54) is 13.2 Å². The molecular formula is C19H18O5. The first-order valence-electron chi connectivity index (χ1n) is 7.56. The Morgan fingerprint density at radius 2 is 1.92 bits per heavy atom. The fourth-order valence-corrected chi connectivity index (χ4v) is 2.48. The summed E-state index contributed by atoms with van der Waals surface area (Å²) in [5.74, 6) is 2.30. The van der Waals surface area contributed by atoms with Crippen molar-refractivity contribution < 1.29 is 23.7 Å². The highest BCUT2D eigenvalue weighted by Gasteiger charge is 2.15. The van der Waals surface area contributed by atoms with Crippen LogP contribution < -0.4 is 18.9 Å². The maximum Gasteiger partial charge on any atom is 0.189 e. The van der Waals surface area contributed by atoms with Gasteiger partial charge in [-0.25, -0.2) is 0 Å². The normalized spacial score (nSPS) is 12.9. The molecule has 0 saturated carbocycles. The van der Waals surface area contributed by atoms with Crippen molar-refractivity contribution in [3.63, 3.8) is 0 Å². The molecule has 0 spiro atoms. The SMILES string of the molecule is COc1ccc(C(=O)/C=C/c2cccc3c2OCCO3)c(OC)c1. The number of ketones is 1. The third-order valence-electron chi connectivity index (χ3n) is 3.69. The van der Waals surface area contributed by atoms with Gasteiger partial charge in [0.25, 0.3) is 0 Å². The summed E-state index contributed by atoms with van der Waals surface area (Å²) in [5.41, 5.74) is 1.27. The second-order valence-corrected chi connectivity index (χ2v) is 5.14. The van der Waals surface area contributed by atoms with E-state index in [-0.39, 0.29) is 5.78 Å². The molecule has 1 aliphatic rings. The summed E-state index contributed by atoms with van der Waals surface area (Å²) < 4.78 is 21.6. The topological polar surface area (TPSA) is 54.0 Å². The predicted molar refractivity (Wildman–Crippen MR) is 90.3 cm³/mol. The molecule has 3 rings (SSSR count). The molecule has 0 atom stereocenters. The molecule has 0 saturated heterocycles. The zero-order valence-electron chi connectivity index (χ0n) is 13.6. The standard InChI is InChI=1S/C19H18O5/c1-21-14-7-8-15(18(12-14)22-2)16(20)9-6-13-4-3-5-17-19(13)24-11-10-23-17/h3-9,12H,10-11H2,1-2H3/b9-6+. The number of allylic oxidation sites excluding steroid dienone is 1. The lowest BCUT2D eigenvalue weighted by Crippen LogP contribution is -2.15. The van der Waals surface area contributed by atoms with Crippen LogP contribution in [0.5, 0.6) is 23.0 Å². The van der Waals surface area contributed by atoms with Crippen LogP contribution in [-0.4, -0.2) is 33.2 Å². The molecule has 0 unspecified atom stereocenters. The van der Waals surface area contributed by atoms with Gasteiger partial charge in [-0.15, -0.1) is 0 Å². The van der Waals surface area contributed by atoms with Crippen molar-refractivity contribution in [2.75, 3.05) is 27.4 Å². The number of carbonyl (C=O) groups is 1. The minimum absolute atomic E-state index is 0.163. The summed E-state index contributed by atoms with van der Waals surface area (Å²) in [7, 11) is 3.09. The van der Waals surface area contributed by atoms with Gasteiger partial charge in [0.1, 0.15) is 24.7 Å². The van der Waals surface area contributed by atoms with Crippen molar-refractivity contribution in [1.82, 2.24) is 0 Å². The van der Waals surface area contributed by atoms with E-state index in [9.17, 15) is 4.79 Å². The Hall–Kier alpha value is -2.95. The van der Waals surface area contributed by atoms with E-state index in [1.54, 1.807) is 31.4 Å². The highest BCUT2D eigenvalue weighted by atomic mass is 16.6. The second kappa shape index (κ2) is 7.08. The summed E-state index contributed by atoms with van der Waals surface area (Å²) in [5, 5.41) is 0. The van der Waals surface area contributed by atoms with Gasteiger partial charge >= 0.3 is 0 Å². The van der Waals surface area contributed by atoms with E-state index >= 15 is 0 Å². The van der Waals surface area contributed by atoms with Crippen LogP contribution >= 0.6 is 0 Å². The number of hydrogen-bond acceptors (Lipinski definition) is 5. The molecule has 1 aliphatic heterocycles. The van der Waals surface area contributed by atoms with Crippen LogP contribution in [0.3, 0.4) is 0 Å². The fourth-order valence-electron chi connectivity index (χ4n) is 2.48. The number of benzene rings is 2. The summed E-state index contributed by atoms with van der Waals surface area (Å²) in [6.45, 7) is 1.03. The molecule has 0 aromatic heterocycles. The van der Waals surface area contributed by atoms with Gasteiger partial charge < -0.3 is 18.9 Å². The minimum Gasteiger partial charge on any atom is -0.497 e. The molecule has 0 fully saturated rings. The van der Waals surface area contributed by atoms with Crippen LogP contribution in [0.2, 0.25) is 0 Å². The Morgan fingerprint density at radius 1 is 1.08 bits per heavy atom. The number of para-hydroxylation sites is 1. The first-order chi connectivity index (χ1) is 11.7. The molecule has 5 heteroatoms. The van der Waals surface area contributed by atoms with Gasteiger partial charge in [0.05, 0.1) is 19.8 Å². The highest BCUT2D eigenvalue weighted by molar-refractivity contribution is 6.08. The van der Waals surface area contributed by atoms with E-state index in [2.05, 4.69) is 0 Å². The number of methoxy groups -OCH3 is 2. The minimum atomic E-state index is -0.163. The molecule has 5 nitrogen and oxygen atoms in total. The quantitative estimate of drug-likeness (QED) is 0.623. The maximum absolute atomic E-state index is 12.5. The van der Waals surface area contributed by atoms with Crippen LogP contribution in [0.25, 0.3) is 6.08 Å². The van der Waals surface area contributed by atoms with Crippen LogP contribution in [0, 0.1) is 0 Å². The van der Waals surface area contributed by atoms with Gasteiger partial charge in [-0.3, -0.25) is 4.79 Å². The second-order valence-electron chi connectivity index (χ2n) is 5.14. The Morgan fingerprint density at radius 3 is 2.71 bits per heavy atom. The van der Waals surface area contributed by atoms with Gasteiger partial charge in [-0.05, 0) is 30.4 Å². The smallest absolute Gasteiger partial charge is 0.189 e. The number of fused-ring (bicyclic) bond motifs is 1. The van der Waals surface area contributed by atoms with E-state index < -0.39 is 0 Å². The van der Waals surface area contributed by atoms with Crippen molar-refractivity contribution in [2.45, 2.75) is 0 Å². The lowest BCUT2D eigenvalue weighted by atomic mass is 10.1. The van der Waals surface area contributed by atoms with Crippen molar-refractivity contribution in [1.29, 1.82) is 0 Å². The van der Waals surface area contributed by atoms with Crippen molar-refractivity contribution in [2.24, 2.45) is 0 Å². The van der Waals surface area contributed by atoms with Crippen LogP contribution in [0.1, 0.15) is 15.9 Å². The predicted octanol–water partition coefficient (Wildman–Crippen LogP) is 3.37. The first kappa shape index (κ1) is 15.9. The van der Waals surface area contributed by atoms with Crippen LogP contribution in [-0.2, 0) is 0 Å². The van der Waals surface area contributed by atoms with E-state index in [4.69, 9.17) is 18.9 Å². The Labute approximate surface area is 140 Å².